The van der Waals surface area contributed by atoms with Crippen molar-refractivity contribution >= 4 is 29.7 Å². The lowest BCUT2D eigenvalue weighted by Crippen LogP contribution is -2.48. The summed E-state index contributed by atoms with van der Waals surface area (Å²) in [4.78, 5) is 18.8. The van der Waals surface area contributed by atoms with Gasteiger partial charge in [-0.25, -0.2) is 8.78 Å². The SMILES string of the molecule is Cl.O=C1CCCCN1CCN1CCC2C(C1)c1cc(F)ccc1N2c1ccc(F)cc1. The van der Waals surface area contributed by atoms with Crippen molar-refractivity contribution in [3.8, 4) is 0 Å². The summed E-state index contributed by atoms with van der Waals surface area (Å²) >= 11 is 0. The van der Waals surface area contributed by atoms with E-state index in [4.69, 9.17) is 0 Å². The zero-order chi connectivity index (χ0) is 20.7. The summed E-state index contributed by atoms with van der Waals surface area (Å²) in [5.41, 5.74) is 3.00. The van der Waals surface area contributed by atoms with Gasteiger partial charge in [0.25, 0.3) is 0 Å². The number of rotatable bonds is 4. The minimum Gasteiger partial charge on any atom is -0.341 e. The van der Waals surface area contributed by atoms with E-state index in [1.807, 2.05) is 11.0 Å². The zero-order valence-electron chi connectivity index (χ0n) is 17.5. The lowest BCUT2D eigenvalue weighted by atomic mass is 9.89. The largest absolute Gasteiger partial charge is 0.341 e. The van der Waals surface area contributed by atoms with Crippen molar-refractivity contribution in [2.45, 2.75) is 37.6 Å². The van der Waals surface area contributed by atoms with E-state index in [2.05, 4.69) is 9.80 Å². The van der Waals surface area contributed by atoms with Crippen LogP contribution in [0.25, 0.3) is 0 Å². The number of nitrogens with zero attached hydrogens (tertiary/aromatic N) is 3. The van der Waals surface area contributed by atoms with Crippen molar-refractivity contribution in [3.63, 3.8) is 0 Å². The van der Waals surface area contributed by atoms with Gasteiger partial charge in [-0.2, -0.15) is 0 Å². The second-order valence-electron chi connectivity index (χ2n) is 8.65. The van der Waals surface area contributed by atoms with Crippen LogP contribution in [-0.2, 0) is 4.79 Å². The third-order valence-electron chi connectivity index (χ3n) is 6.85. The molecule has 0 saturated carbocycles. The third-order valence-corrected chi connectivity index (χ3v) is 6.85. The summed E-state index contributed by atoms with van der Waals surface area (Å²) < 4.78 is 27.6. The number of hydrogen-bond donors (Lipinski definition) is 0. The van der Waals surface area contributed by atoms with E-state index in [0.717, 1.165) is 68.9 Å². The van der Waals surface area contributed by atoms with Crippen LogP contribution in [0.4, 0.5) is 20.2 Å². The number of carbonyl (C=O) groups excluding carboxylic acids is 1. The number of halogens is 3. The number of amides is 1. The summed E-state index contributed by atoms with van der Waals surface area (Å²) in [5.74, 6) is -0.00105. The number of fused-ring (bicyclic) bond motifs is 3. The number of benzene rings is 2. The van der Waals surface area contributed by atoms with E-state index in [1.165, 1.54) is 18.2 Å². The predicted molar refractivity (Wildman–Crippen MR) is 120 cm³/mol. The minimum atomic E-state index is -0.254. The summed E-state index contributed by atoms with van der Waals surface area (Å²) in [5, 5.41) is 0. The molecule has 2 fully saturated rings. The average molecular weight is 448 g/mol. The van der Waals surface area contributed by atoms with E-state index >= 15 is 0 Å². The molecule has 1 amide bonds. The molecule has 2 unspecified atom stereocenters. The first-order valence-corrected chi connectivity index (χ1v) is 10.9. The summed E-state index contributed by atoms with van der Waals surface area (Å²) in [7, 11) is 0. The van der Waals surface area contributed by atoms with Crippen molar-refractivity contribution in [2.24, 2.45) is 0 Å². The number of anilines is 2. The highest BCUT2D eigenvalue weighted by molar-refractivity contribution is 5.85. The van der Waals surface area contributed by atoms with E-state index in [1.54, 1.807) is 18.2 Å². The van der Waals surface area contributed by atoms with Crippen LogP contribution in [-0.4, -0.2) is 54.5 Å². The number of piperidine rings is 2. The van der Waals surface area contributed by atoms with Crippen molar-refractivity contribution in [1.82, 2.24) is 9.80 Å². The highest BCUT2D eigenvalue weighted by Gasteiger charge is 2.42. The Kier molecular flexibility index (Phi) is 6.49. The van der Waals surface area contributed by atoms with Gasteiger partial charge in [0.05, 0.1) is 0 Å². The second kappa shape index (κ2) is 9.13. The molecule has 166 valence electrons. The molecule has 5 rings (SSSR count). The fourth-order valence-corrected chi connectivity index (χ4v) is 5.34. The summed E-state index contributed by atoms with van der Waals surface area (Å²) in [6, 6.07) is 11.8. The van der Waals surface area contributed by atoms with Crippen LogP contribution in [0.15, 0.2) is 42.5 Å². The van der Waals surface area contributed by atoms with E-state index in [-0.39, 0.29) is 41.9 Å². The molecule has 2 saturated heterocycles. The monoisotopic (exact) mass is 447 g/mol. The van der Waals surface area contributed by atoms with Gasteiger partial charge in [-0.15, -0.1) is 12.4 Å². The third kappa shape index (κ3) is 4.28. The van der Waals surface area contributed by atoms with Crippen molar-refractivity contribution in [1.29, 1.82) is 0 Å². The van der Waals surface area contributed by atoms with E-state index in [0.29, 0.717) is 6.42 Å². The maximum absolute atomic E-state index is 14.1. The van der Waals surface area contributed by atoms with Gasteiger partial charge < -0.3 is 14.7 Å². The molecule has 2 atom stereocenters. The van der Waals surface area contributed by atoms with E-state index in [9.17, 15) is 13.6 Å². The highest BCUT2D eigenvalue weighted by Crippen LogP contribution is 2.48. The van der Waals surface area contributed by atoms with Gasteiger partial charge in [-0.05, 0) is 67.3 Å². The fraction of sp³-hybridized carbons (Fsp3) is 0.458. The first-order valence-electron chi connectivity index (χ1n) is 10.9. The molecule has 3 heterocycles. The van der Waals surface area contributed by atoms with Gasteiger partial charge in [0.1, 0.15) is 11.6 Å². The van der Waals surface area contributed by atoms with Crippen molar-refractivity contribution in [2.75, 3.05) is 37.6 Å². The quantitative estimate of drug-likeness (QED) is 0.679. The topological polar surface area (TPSA) is 26.8 Å². The van der Waals surface area contributed by atoms with Crippen LogP contribution in [0.1, 0.15) is 37.2 Å². The molecule has 0 bridgehead atoms. The maximum atomic E-state index is 14.1. The highest BCUT2D eigenvalue weighted by atomic mass is 35.5. The molecule has 4 nitrogen and oxygen atoms in total. The standard InChI is InChI=1S/C24H27F2N3O.ClH/c25-17-4-7-19(8-5-17)29-22-9-6-18(26)15-20(22)21-16-27(12-10-23(21)29)13-14-28-11-2-1-3-24(28)30;/h4-9,15,21,23H,1-3,10-14,16H2;1H. The molecule has 0 radical (unpaired) electrons. The Bertz CT molecular complexity index is 939. The van der Waals surface area contributed by atoms with Crippen LogP contribution in [0.3, 0.4) is 0 Å². The number of carbonyl (C=O) groups is 1. The smallest absolute Gasteiger partial charge is 0.222 e. The van der Waals surface area contributed by atoms with Crippen molar-refractivity contribution in [3.05, 3.63) is 59.7 Å². The Labute approximate surface area is 188 Å². The Morgan fingerprint density at radius 1 is 0.935 bits per heavy atom. The molecule has 31 heavy (non-hydrogen) atoms. The fourth-order valence-electron chi connectivity index (χ4n) is 5.34. The molecule has 2 aromatic carbocycles. The van der Waals surface area contributed by atoms with Gasteiger partial charge >= 0.3 is 0 Å². The summed E-state index contributed by atoms with van der Waals surface area (Å²) in [6.45, 7) is 4.29. The molecule has 3 aliphatic rings. The summed E-state index contributed by atoms with van der Waals surface area (Å²) in [6.07, 6.45) is 3.72. The molecule has 3 aliphatic heterocycles. The Morgan fingerprint density at radius 3 is 2.48 bits per heavy atom. The molecule has 0 N–H and O–H groups in total. The molecule has 0 aromatic heterocycles. The normalized spacial score (nSPS) is 23.4. The van der Waals surface area contributed by atoms with Gasteiger partial charge in [0.2, 0.25) is 5.91 Å². The van der Waals surface area contributed by atoms with Gasteiger partial charge in [-0.1, -0.05) is 0 Å². The zero-order valence-corrected chi connectivity index (χ0v) is 18.3. The number of likely N-dealkylation sites (tertiary alicyclic amines) is 2. The maximum Gasteiger partial charge on any atom is 0.222 e. The molecule has 2 aromatic rings. The average Bonchev–Trinajstić information content (AvgIpc) is 3.07. The lowest BCUT2D eigenvalue weighted by molar-refractivity contribution is -0.133. The van der Waals surface area contributed by atoms with Gasteiger partial charge in [0.15, 0.2) is 0 Å². The van der Waals surface area contributed by atoms with Crippen LogP contribution < -0.4 is 4.90 Å². The lowest BCUT2D eigenvalue weighted by Gasteiger charge is -2.40. The van der Waals surface area contributed by atoms with Crippen LogP contribution in [0, 0.1) is 11.6 Å². The first-order chi connectivity index (χ1) is 14.6. The first kappa shape index (κ1) is 22.0. The second-order valence-corrected chi connectivity index (χ2v) is 8.65. The molecular formula is C24H28ClF2N3O. The Morgan fingerprint density at radius 2 is 1.71 bits per heavy atom. The van der Waals surface area contributed by atoms with Crippen LogP contribution in [0.2, 0.25) is 0 Å². The molecule has 0 aliphatic carbocycles. The molecule has 0 spiro atoms. The van der Waals surface area contributed by atoms with Crippen LogP contribution in [0.5, 0.6) is 0 Å². The minimum absolute atomic E-state index is 0. The van der Waals surface area contributed by atoms with Gasteiger partial charge in [0, 0.05) is 62.5 Å². The number of hydrogen-bond acceptors (Lipinski definition) is 3. The van der Waals surface area contributed by atoms with Crippen molar-refractivity contribution < 1.29 is 13.6 Å². The molecular weight excluding hydrogens is 420 g/mol. The Balaban J connectivity index is 0.00000231. The molecule has 7 heteroatoms. The van der Waals surface area contributed by atoms with Crippen LogP contribution >= 0.6 is 12.4 Å². The van der Waals surface area contributed by atoms with Gasteiger partial charge in [-0.3, -0.25) is 4.79 Å². The predicted octanol–water partition coefficient (Wildman–Crippen LogP) is 4.71. The van der Waals surface area contributed by atoms with E-state index < -0.39 is 0 Å². The Hall–Kier alpha value is -2.18.